The van der Waals surface area contributed by atoms with Crippen LogP contribution in [0.15, 0.2) is 42.5 Å². The molecule has 1 atom stereocenters. The van der Waals surface area contributed by atoms with Crippen molar-refractivity contribution in [2.24, 2.45) is 0 Å². The van der Waals surface area contributed by atoms with E-state index in [1.165, 1.54) is 16.5 Å². The zero-order valence-corrected chi connectivity index (χ0v) is 17.9. The molecule has 3 rings (SSSR count). The van der Waals surface area contributed by atoms with Gasteiger partial charge in [-0.2, -0.15) is 0 Å². The predicted octanol–water partition coefficient (Wildman–Crippen LogP) is 3.93. The number of hydrogen-bond donors (Lipinski definition) is 1. The predicted molar refractivity (Wildman–Crippen MR) is 115 cm³/mol. The minimum Gasteiger partial charge on any atom is -0.385 e. The van der Waals surface area contributed by atoms with Crippen molar-refractivity contribution >= 4 is 17.7 Å². The van der Waals surface area contributed by atoms with E-state index in [-0.39, 0.29) is 29.3 Å². The number of fused-ring (bicyclic) bond motifs is 1. The Bertz CT molecular complexity index is 950. The summed E-state index contributed by atoms with van der Waals surface area (Å²) < 4.78 is 4.99. The van der Waals surface area contributed by atoms with Gasteiger partial charge in [0.2, 0.25) is 0 Å². The number of ether oxygens (including phenoxy) is 1. The molecule has 30 heavy (non-hydrogen) atoms. The maximum absolute atomic E-state index is 12.7. The van der Waals surface area contributed by atoms with Gasteiger partial charge >= 0.3 is 0 Å². The fourth-order valence-corrected chi connectivity index (χ4v) is 3.53. The van der Waals surface area contributed by atoms with Gasteiger partial charge in [-0.1, -0.05) is 38.1 Å². The number of nitrogens with one attached hydrogen (secondary N) is 1. The van der Waals surface area contributed by atoms with E-state index >= 15 is 0 Å². The molecule has 2 aromatic rings. The molecule has 0 saturated carbocycles. The highest BCUT2D eigenvalue weighted by Gasteiger charge is 2.35. The zero-order chi connectivity index (χ0) is 21.8. The van der Waals surface area contributed by atoms with Gasteiger partial charge in [-0.15, -0.1) is 0 Å². The van der Waals surface area contributed by atoms with Crippen molar-refractivity contribution in [3.63, 3.8) is 0 Å². The number of rotatable bonds is 8. The van der Waals surface area contributed by atoms with Crippen molar-refractivity contribution in [3.8, 4) is 0 Å². The van der Waals surface area contributed by atoms with Gasteiger partial charge in [0.05, 0.1) is 17.2 Å². The first-order chi connectivity index (χ1) is 14.3. The minimum absolute atomic E-state index is 0.185. The Morgan fingerprint density at radius 2 is 1.60 bits per heavy atom. The molecule has 1 aliphatic heterocycles. The molecule has 158 valence electrons. The molecule has 1 heterocycles. The summed E-state index contributed by atoms with van der Waals surface area (Å²) in [5, 5.41) is 2.97. The molecule has 0 spiro atoms. The maximum Gasteiger partial charge on any atom is 0.261 e. The van der Waals surface area contributed by atoms with Crippen LogP contribution in [0.25, 0.3) is 0 Å². The van der Waals surface area contributed by atoms with E-state index in [0.717, 1.165) is 5.56 Å². The van der Waals surface area contributed by atoms with Gasteiger partial charge in [0.25, 0.3) is 17.7 Å². The summed E-state index contributed by atoms with van der Waals surface area (Å²) in [6.45, 7) is 6.96. The quantitative estimate of drug-likeness (QED) is 0.530. The van der Waals surface area contributed by atoms with E-state index in [9.17, 15) is 14.4 Å². The molecule has 2 aromatic carbocycles. The number of nitrogens with zero attached hydrogens (tertiary/aromatic N) is 1. The lowest BCUT2D eigenvalue weighted by atomic mass is 9.99. The molecule has 0 saturated heterocycles. The number of carbonyl (C=O) groups excluding carboxylic acids is 3. The second kappa shape index (κ2) is 9.22. The standard InChI is InChI=1S/C24H28N2O4/c1-15(2)17-6-8-18(9-7-17)16(3)25-22(27)19-10-11-20-21(14-19)24(29)26(23(20)28)12-5-13-30-4/h6-11,14-16H,5,12-13H2,1-4H3,(H,25,27). The van der Waals surface area contributed by atoms with Crippen LogP contribution in [0.1, 0.15) is 81.4 Å². The average molecular weight is 408 g/mol. The fraction of sp³-hybridized carbons (Fsp3) is 0.375. The van der Waals surface area contributed by atoms with Crippen molar-refractivity contribution in [1.82, 2.24) is 10.2 Å². The second-order valence-corrected chi connectivity index (χ2v) is 7.89. The van der Waals surface area contributed by atoms with Crippen molar-refractivity contribution < 1.29 is 19.1 Å². The molecule has 0 fully saturated rings. The van der Waals surface area contributed by atoms with Crippen LogP contribution in [0.4, 0.5) is 0 Å². The normalized spacial score (nSPS) is 14.2. The number of methoxy groups -OCH3 is 1. The Morgan fingerprint density at radius 3 is 2.23 bits per heavy atom. The summed E-state index contributed by atoms with van der Waals surface area (Å²) in [6, 6.07) is 12.6. The lowest BCUT2D eigenvalue weighted by Gasteiger charge is -2.16. The van der Waals surface area contributed by atoms with Crippen molar-refractivity contribution in [3.05, 3.63) is 70.3 Å². The van der Waals surface area contributed by atoms with Crippen molar-refractivity contribution in [2.45, 2.75) is 39.2 Å². The smallest absolute Gasteiger partial charge is 0.261 e. The van der Waals surface area contributed by atoms with Gasteiger partial charge in [0.15, 0.2) is 0 Å². The highest BCUT2D eigenvalue weighted by Crippen LogP contribution is 2.25. The molecule has 1 unspecified atom stereocenters. The van der Waals surface area contributed by atoms with Gasteiger partial charge in [0.1, 0.15) is 0 Å². The third kappa shape index (κ3) is 4.44. The van der Waals surface area contributed by atoms with E-state index in [1.807, 2.05) is 19.1 Å². The SMILES string of the molecule is COCCCN1C(=O)c2ccc(C(=O)NC(C)c3ccc(C(C)C)cc3)cc2C1=O. The summed E-state index contributed by atoms with van der Waals surface area (Å²) in [4.78, 5) is 39.1. The number of benzene rings is 2. The topological polar surface area (TPSA) is 75.7 Å². The molecular weight excluding hydrogens is 380 g/mol. The van der Waals surface area contributed by atoms with Crippen LogP contribution in [-0.4, -0.2) is 42.9 Å². The summed E-state index contributed by atoms with van der Waals surface area (Å²) in [5.74, 6) is -0.518. The Balaban J connectivity index is 1.71. The highest BCUT2D eigenvalue weighted by molar-refractivity contribution is 6.22. The van der Waals surface area contributed by atoms with Crippen molar-refractivity contribution in [1.29, 1.82) is 0 Å². The van der Waals surface area contributed by atoms with E-state index < -0.39 is 0 Å². The molecule has 0 aromatic heterocycles. The third-order valence-corrected chi connectivity index (χ3v) is 5.41. The molecule has 0 aliphatic carbocycles. The van der Waals surface area contributed by atoms with Gasteiger partial charge in [0, 0.05) is 25.8 Å². The van der Waals surface area contributed by atoms with Crippen LogP contribution in [0.2, 0.25) is 0 Å². The maximum atomic E-state index is 12.7. The molecule has 1 aliphatic rings. The summed E-state index contributed by atoms with van der Waals surface area (Å²) in [7, 11) is 1.58. The Hall–Kier alpha value is -2.99. The Kier molecular flexibility index (Phi) is 6.67. The van der Waals surface area contributed by atoms with Gasteiger partial charge in [-0.3, -0.25) is 19.3 Å². The van der Waals surface area contributed by atoms with Gasteiger partial charge < -0.3 is 10.1 Å². The fourth-order valence-electron chi connectivity index (χ4n) is 3.53. The van der Waals surface area contributed by atoms with Crippen LogP contribution < -0.4 is 5.32 Å². The molecular formula is C24H28N2O4. The first-order valence-corrected chi connectivity index (χ1v) is 10.2. The molecule has 0 radical (unpaired) electrons. The number of hydrogen-bond acceptors (Lipinski definition) is 4. The molecule has 0 bridgehead atoms. The molecule has 6 heteroatoms. The molecule has 3 amide bonds. The van der Waals surface area contributed by atoms with Crippen LogP contribution in [0.5, 0.6) is 0 Å². The average Bonchev–Trinajstić information content (AvgIpc) is 2.98. The van der Waals surface area contributed by atoms with Crippen LogP contribution in [-0.2, 0) is 4.74 Å². The van der Waals surface area contributed by atoms with Crippen LogP contribution >= 0.6 is 0 Å². The number of imide groups is 1. The monoisotopic (exact) mass is 408 g/mol. The van der Waals surface area contributed by atoms with Gasteiger partial charge in [-0.05, 0) is 48.6 Å². The first-order valence-electron chi connectivity index (χ1n) is 10.2. The van der Waals surface area contributed by atoms with Crippen molar-refractivity contribution in [2.75, 3.05) is 20.3 Å². The first kappa shape index (κ1) is 21.7. The lowest BCUT2D eigenvalue weighted by molar-refractivity contribution is 0.0638. The number of amides is 3. The summed E-state index contributed by atoms with van der Waals surface area (Å²) >= 11 is 0. The van der Waals surface area contributed by atoms with Gasteiger partial charge in [-0.25, -0.2) is 0 Å². The second-order valence-electron chi connectivity index (χ2n) is 7.89. The summed E-state index contributed by atoms with van der Waals surface area (Å²) in [6.07, 6.45) is 0.572. The Morgan fingerprint density at radius 1 is 0.967 bits per heavy atom. The van der Waals surface area contributed by atoms with E-state index in [1.54, 1.807) is 19.2 Å². The minimum atomic E-state index is -0.363. The zero-order valence-electron chi connectivity index (χ0n) is 17.9. The van der Waals surface area contributed by atoms with Crippen LogP contribution in [0, 0.1) is 0 Å². The Labute approximate surface area is 177 Å². The van der Waals surface area contributed by atoms with E-state index in [4.69, 9.17) is 4.74 Å². The number of carbonyl (C=O) groups is 3. The molecule has 6 nitrogen and oxygen atoms in total. The third-order valence-electron chi connectivity index (χ3n) is 5.41. The van der Waals surface area contributed by atoms with E-state index in [0.29, 0.717) is 36.6 Å². The highest BCUT2D eigenvalue weighted by atomic mass is 16.5. The summed E-state index contributed by atoms with van der Waals surface area (Å²) in [5.41, 5.74) is 3.23. The largest absolute Gasteiger partial charge is 0.385 e. The molecule has 1 N–H and O–H groups in total. The van der Waals surface area contributed by atoms with E-state index in [2.05, 4.69) is 31.3 Å². The lowest BCUT2D eigenvalue weighted by Crippen LogP contribution is -2.31. The van der Waals surface area contributed by atoms with Crippen LogP contribution in [0.3, 0.4) is 0 Å².